The van der Waals surface area contributed by atoms with Gasteiger partial charge < -0.3 is 25.0 Å². The number of thioether (sulfide) groups is 1. The predicted octanol–water partition coefficient (Wildman–Crippen LogP) is 2.06. The minimum atomic E-state index is -0.800. The van der Waals surface area contributed by atoms with Crippen molar-refractivity contribution in [2.24, 2.45) is 0 Å². The molecule has 0 fully saturated rings. The van der Waals surface area contributed by atoms with E-state index < -0.39 is 6.04 Å². The summed E-state index contributed by atoms with van der Waals surface area (Å²) >= 11 is 1.18. The fourth-order valence-electron chi connectivity index (χ4n) is 2.90. The summed E-state index contributed by atoms with van der Waals surface area (Å²) in [6, 6.07) is 9.27. The summed E-state index contributed by atoms with van der Waals surface area (Å²) in [6.07, 6.45) is 4.82. The lowest BCUT2D eigenvalue weighted by Gasteiger charge is -2.17. The zero-order chi connectivity index (χ0) is 23.6. The molecular formula is C22H24N6O4S. The molecule has 11 heteroatoms. The molecule has 3 N–H and O–H groups in total. The minimum absolute atomic E-state index is 0.0895. The van der Waals surface area contributed by atoms with Crippen LogP contribution in [0.25, 0.3) is 0 Å². The molecule has 3 aromatic rings. The second-order valence-corrected chi connectivity index (χ2v) is 7.70. The van der Waals surface area contributed by atoms with Crippen LogP contribution in [0.4, 0.5) is 5.69 Å². The van der Waals surface area contributed by atoms with Crippen LogP contribution in [0.3, 0.4) is 0 Å². The van der Waals surface area contributed by atoms with E-state index >= 15 is 0 Å². The Balaban J connectivity index is 1.69. The van der Waals surface area contributed by atoms with Gasteiger partial charge in [0.1, 0.15) is 11.8 Å². The van der Waals surface area contributed by atoms with Crippen molar-refractivity contribution in [1.82, 2.24) is 25.1 Å². The Hall–Kier alpha value is -3.70. The number of aliphatic hydroxyl groups excluding tert-OH is 1. The Bertz CT molecular complexity index is 1090. The third kappa shape index (κ3) is 6.40. The topological polar surface area (TPSA) is 131 Å². The van der Waals surface area contributed by atoms with E-state index in [0.717, 1.165) is 0 Å². The zero-order valence-corrected chi connectivity index (χ0v) is 18.8. The Morgan fingerprint density at radius 3 is 2.70 bits per heavy atom. The molecule has 3 rings (SSSR count). The Morgan fingerprint density at radius 1 is 1.27 bits per heavy atom. The Labute approximate surface area is 195 Å². The van der Waals surface area contributed by atoms with E-state index in [-0.39, 0.29) is 24.2 Å². The van der Waals surface area contributed by atoms with Crippen molar-refractivity contribution in [3.8, 4) is 5.75 Å². The number of methoxy groups -OCH3 is 1. The number of nitrogens with zero attached hydrogens (tertiary/aromatic N) is 4. The molecule has 0 saturated carbocycles. The van der Waals surface area contributed by atoms with E-state index in [9.17, 15) is 14.7 Å². The maximum atomic E-state index is 12.6. The van der Waals surface area contributed by atoms with Crippen LogP contribution in [0.15, 0.2) is 66.6 Å². The summed E-state index contributed by atoms with van der Waals surface area (Å²) in [6.45, 7) is 3.70. The van der Waals surface area contributed by atoms with Crippen LogP contribution in [0.1, 0.15) is 22.2 Å². The van der Waals surface area contributed by atoms with Crippen LogP contribution in [0, 0.1) is 0 Å². The SMILES string of the molecule is C=CCn1c(SCC(=O)Nc2cccnc2)nnc1C(CO)NC(=O)c1ccc(OC)cc1. The average Bonchev–Trinajstić information content (AvgIpc) is 3.24. The molecular weight excluding hydrogens is 444 g/mol. The molecule has 1 unspecified atom stereocenters. The molecule has 2 heterocycles. The van der Waals surface area contributed by atoms with Gasteiger partial charge in [-0.2, -0.15) is 0 Å². The second-order valence-electron chi connectivity index (χ2n) is 6.76. The number of anilines is 1. The fraction of sp³-hybridized carbons (Fsp3) is 0.227. The molecule has 0 spiro atoms. The monoisotopic (exact) mass is 468 g/mol. The molecule has 172 valence electrons. The van der Waals surface area contributed by atoms with Crippen molar-refractivity contribution in [2.75, 3.05) is 24.8 Å². The van der Waals surface area contributed by atoms with E-state index in [1.54, 1.807) is 66.5 Å². The Morgan fingerprint density at radius 2 is 2.06 bits per heavy atom. The normalized spacial score (nSPS) is 11.5. The van der Waals surface area contributed by atoms with Crippen LogP contribution in [-0.2, 0) is 11.3 Å². The first-order valence-corrected chi connectivity index (χ1v) is 11.0. The predicted molar refractivity (Wildman–Crippen MR) is 124 cm³/mol. The van der Waals surface area contributed by atoms with Gasteiger partial charge in [-0.3, -0.25) is 14.6 Å². The molecule has 0 aliphatic heterocycles. The fourth-order valence-corrected chi connectivity index (χ4v) is 3.66. The number of amides is 2. The van der Waals surface area contributed by atoms with E-state index in [1.807, 2.05) is 0 Å². The minimum Gasteiger partial charge on any atom is -0.497 e. The number of benzene rings is 1. The van der Waals surface area contributed by atoms with Gasteiger partial charge in [-0.15, -0.1) is 16.8 Å². The molecule has 0 aliphatic carbocycles. The van der Waals surface area contributed by atoms with E-state index in [1.165, 1.54) is 11.8 Å². The van der Waals surface area contributed by atoms with Crippen molar-refractivity contribution in [3.05, 3.63) is 72.8 Å². The molecule has 0 aliphatic rings. The number of rotatable bonds is 11. The van der Waals surface area contributed by atoms with Crippen LogP contribution in [0.5, 0.6) is 5.75 Å². The Kier molecular flexibility index (Phi) is 8.56. The molecule has 0 saturated heterocycles. The molecule has 10 nitrogen and oxygen atoms in total. The first-order valence-electron chi connectivity index (χ1n) is 9.98. The van der Waals surface area contributed by atoms with Gasteiger partial charge in [0.05, 0.1) is 31.4 Å². The summed E-state index contributed by atoms with van der Waals surface area (Å²) in [4.78, 5) is 28.9. The number of aromatic nitrogens is 4. The summed E-state index contributed by atoms with van der Waals surface area (Å²) in [5.74, 6) is 0.468. The van der Waals surface area contributed by atoms with Crippen LogP contribution in [0.2, 0.25) is 0 Å². The van der Waals surface area contributed by atoms with E-state index in [4.69, 9.17) is 4.74 Å². The third-order valence-corrected chi connectivity index (χ3v) is 5.45. The third-order valence-electron chi connectivity index (χ3n) is 4.49. The van der Waals surface area contributed by atoms with Crippen molar-refractivity contribution in [3.63, 3.8) is 0 Å². The number of carbonyl (C=O) groups excluding carboxylic acids is 2. The largest absolute Gasteiger partial charge is 0.497 e. The first kappa shape index (κ1) is 24.0. The molecule has 1 atom stereocenters. The van der Waals surface area contributed by atoms with Crippen molar-refractivity contribution in [1.29, 1.82) is 0 Å². The van der Waals surface area contributed by atoms with Gasteiger partial charge in [0, 0.05) is 18.3 Å². The highest BCUT2D eigenvalue weighted by Crippen LogP contribution is 2.22. The number of aliphatic hydroxyl groups is 1. The molecule has 2 amide bonds. The highest BCUT2D eigenvalue weighted by molar-refractivity contribution is 7.99. The quantitative estimate of drug-likeness (QED) is 0.288. The second kappa shape index (κ2) is 11.8. The highest BCUT2D eigenvalue weighted by Gasteiger charge is 2.23. The molecule has 33 heavy (non-hydrogen) atoms. The number of pyridine rings is 1. The van der Waals surface area contributed by atoms with E-state index in [0.29, 0.717) is 34.5 Å². The standard InChI is InChI=1S/C22H24N6O4S/c1-3-11-28-20(18(13-29)25-21(31)15-6-8-17(32-2)9-7-15)26-27-22(28)33-14-19(30)24-16-5-4-10-23-12-16/h3-10,12,18,29H,1,11,13-14H2,2H3,(H,24,30)(H,25,31). The number of carbonyl (C=O) groups is 2. The number of hydrogen-bond acceptors (Lipinski definition) is 8. The lowest BCUT2D eigenvalue weighted by molar-refractivity contribution is -0.113. The molecule has 2 aromatic heterocycles. The summed E-state index contributed by atoms with van der Waals surface area (Å²) in [7, 11) is 1.54. The number of nitrogens with one attached hydrogen (secondary N) is 2. The van der Waals surface area contributed by atoms with Gasteiger partial charge in [-0.05, 0) is 36.4 Å². The van der Waals surface area contributed by atoms with Gasteiger partial charge in [-0.25, -0.2) is 0 Å². The zero-order valence-electron chi connectivity index (χ0n) is 18.0. The molecule has 1 aromatic carbocycles. The van der Waals surface area contributed by atoms with Crippen molar-refractivity contribution >= 4 is 29.3 Å². The van der Waals surface area contributed by atoms with Crippen molar-refractivity contribution in [2.45, 2.75) is 17.7 Å². The van der Waals surface area contributed by atoms with Gasteiger partial charge in [0.25, 0.3) is 5.91 Å². The van der Waals surface area contributed by atoms with Crippen LogP contribution < -0.4 is 15.4 Å². The van der Waals surface area contributed by atoms with E-state index in [2.05, 4.69) is 32.4 Å². The number of ether oxygens (including phenoxy) is 1. The van der Waals surface area contributed by atoms with Gasteiger partial charge in [0.2, 0.25) is 5.91 Å². The summed E-state index contributed by atoms with van der Waals surface area (Å²) < 4.78 is 6.80. The number of hydrogen-bond donors (Lipinski definition) is 3. The van der Waals surface area contributed by atoms with Crippen molar-refractivity contribution < 1.29 is 19.4 Å². The van der Waals surface area contributed by atoms with Crippen LogP contribution >= 0.6 is 11.8 Å². The van der Waals surface area contributed by atoms with Gasteiger partial charge in [0.15, 0.2) is 11.0 Å². The lowest BCUT2D eigenvalue weighted by atomic mass is 10.2. The summed E-state index contributed by atoms with van der Waals surface area (Å²) in [5, 5.41) is 24.2. The van der Waals surface area contributed by atoms with Gasteiger partial charge >= 0.3 is 0 Å². The van der Waals surface area contributed by atoms with Gasteiger partial charge in [-0.1, -0.05) is 17.8 Å². The van der Waals surface area contributed by atoms with Crippen LogP contribution in [-0.4, -0.2) is 56.1 Å². The highest BCUT2D eigenvalue weighted by atomic mass is 32.2. The number of allylic oxidation sites excluding steroid dienone is 1. The smallest absolute Gasteiger partial charge is 0.251 e. The first-order chi connectivity index (χ1) is 16.0. The lowest BCUT2D eigenvalue weighted by Crippen LogP contribution is -2.33. The summed E-state index contributed by atoms with van der Waals surface area (Å²) in [5.41, 5.74) is 1.00. The maximum absolute atomic E-state index is 12.6. The molecule has 0 radical (unpaired) electrons. The average molecular weight is 469 g/mol. The molecule has 0 bridgehead atoms. The maximum Gasteiger partial charge on any atom is 0.251 e.